The molecule has 2 N–H and O–H groups in total. The highest BCUT2D eigenvalue weighted by atomic mass is 19.4. The predicted molar refractivity (Wildman–Crippen MR) is 80.1 cm³/mol. The van der Waals surface area contributed by atoms with Crippen molar-refractivity contribution in [3.05, 3.63) is 0 Å². The van der Waals surface area contributed by atoms with E-state index in [0.29, 0.717) is 0 Å². The van der Waals surface area contributed by atoms with Crippen LogP contribution in [0.4, 0.5) is 18.0 Å². The van der Waals surface area contributed by atoms with Gasteiger partial charge in [0.25, 0.3) is 0 Å². The first-order chi connectivity index (χ1) is 10.4. The van der Waals surface area contributed by atoms with Gasteiger partial charge in [0, 0.05) is 25.7 Å². The van der Waals surface area contributed by atoms with Crippen LogP contribution < -0.4 is 5.32 Å². The molecule has 1 saturated heterocycles. The lowest BCUT2D eigenvalue weighted by atomic mass is 9.94. The summed E-state index contributed by atoms with van der Waals surface area (Å²) in [6, 6.07) is -0.822. The van der Waals surface area contributed by atoms with Crippen molar-refractivity contribution < 1.29 is 27.8 Å². The first-order valence-electron chi connectivity index (χ1n) is 7.86. The van der Waals surface area contributed by atoms with E-state index in [-0.39, 0.29) is 32.5 Å². The Hall–Kier alpha value is -1.02. The lowest BCUT2D eigenvalue weighted by molar-refractivity contribution is -0.183. The van der Waals surface area contributed by atoms with Gasteiger partial charge in [-0.25, -0.2) is 4.79 Å². The summed E-state index contributed by atoms with van der Waals surface area (Å²) in [6.07, 6.45) is -5.68. The summed E-state index contributed by atoms with van der Waals surface area (Å²) < 4.78 is 45.0. The van der Waals surface area contributed by atoms with Crippen LogP contribution in [0.25, 0.3) is 0 Å². The monoisotopic (exact) mass is 340 g/mol. The van der Waals surface area contributed by atoms with Crippen molar-refractivity contribution in [3.8, 4) is 0 Å². The van der Waals surface area contributed by atoms with E-state index in [2.05, 4.69) is 5.32 Å². The summed E-state index contributed by atoms with van der Waals surface area (Å²) in [5, 5.41) is 12.1. The zero-order valence-corrected chi connectivity index (χ0v) is 14.1. The Morgan fingerprint density at radius 2 is 1.87 bits per heavy atom. The third-order valence-electron chi connectivity index (χ3n) is 3.65. The smallest absolute Gasteiger partial charge is 0.410 e. The normalized spacial score (nSPS) is 25.0. The van der Waals surface area contributed by atoms with Crippen LogP contribution in [0.15, 0.2) is 0 Å². The molecular weight excluding hydrogens is 313 g/mol. The van der Waals surface area contributed by atoms with Crippen LogP contribution in [0.1, 0.15) is 40.5 Å². The molecule has 0 radical (unpaired) electrons. The summed E-state index contributed by atoms with van der Waals surface area (Å²) >= 11 is 0. The van der Waals surface area contributed by atoms with Gasteiger partial charge in [0.1, 0.15) is 5.60 Å². The van der Waals surface area contributed by atoms with Crippen molar-refractivity contribution in [2.24, 2.45) is 5.92 Å². The lowest BCUT2D eigenvalue weighted by Gasteiger charge is -2.28. The van der Waals surface area contributed by atoms with Crippen LogP contribution in [-0.4, -0.2) is 59.7 Å². The number of aliphatic hydroxyl groups is 1. The second-order valence-electron chi connectivity index (χ2n) is 7.06. The molecule has 23 heavy (non-hydrogen) atoms. The third-order valence-corrected chi connectivity index (χ3v) is 3.65. The molecule has 1 fully saturated rings. The van der Waals surface area contributed by atoms with Gasteiger partial charge in [-0.15, -0.1) is 0 Å². The first kappa shape index (κ1) is 20.0. The van der Waals surface area contributed by atoms with Crippen molar-refractivity contribution in [2.75, 3.05) is 19.6 Å². The van der Waals surface area contributed by atoms with E-state index in [4.69, 9.17) is 4.74 Å². The largest absolute Gasteiger partial charge is 0.444 e. The molecule has 0 aromatic heterocycles. The molecule has 0 saturated carbocycles. The molecule has 0 aromatic rings. The van der Waals surface area contributed by atoms with Gasteiger partial charge < -0.3 is 20.1 Å². The maximum atomic E-state index is 13.3. The molecule has 1 amide bonds. The predicted octanol–water partition coefficient (Wildman–Crippen LogP) is 2.53. The molecule has 3 atom stereocenters. The number of aliphatic hydroxyl groups excluding tert-OH is 1. The minimum atomic E-state index is -4.35. The fraction of sp³-hybridized carbons (Fsp3) is 0.933. The lowest BCUT2D eigenvalue weighted by Crippen LogP contribution is -2.45. The number of amides is 1. The Bertz CT molecular complexity index is 394. The number of likely N-dealkylation sites (tertiary alicyclic amines) is 1. The number of hydrogen-bond acceptors (Lipinski definition) is 4. The summed E-state index contributed by atoms with van der Waals surface area (Å²) in [4.78, 5) is 13.4. The van der Waals surface area contributed by atoms with Crippen molar-refractivity contribution in [1.82, 2.24) is 10.2 Å². The fourth-order valence-corrected chi connectivity index (χ4v) is 2.57. The molecule has 8 heteroatoms. The summed E-state index contributed by atoms with van der Waals surface area (Å²) in [7, 11) is 0. The molecule has 0 aromatic carbocycles. The number of halogens is 3. The quantitative estimate of drug-likeness (QED) is 0.829. The highest BCUT2D eigenvalue weighted by Gasteiger charge is 2.46. The summed E-state index contributed by atoms with van der Waals surface area (Å²) in [5.74, 6) is -1.55. The minimum absolute atomic E-state index is 0.00590. The number of alkyl halides is 3. The van der Waals surface area contributed by atoms with E-state index in [1.165, 1.54) is 11.8 Å². The molecule has 0 spiro atoms. The third kappa shape index (κ3) is 6.95. The Labute approximate surface area is 135 Å². The summed E-state index contributed by atoms with van der Waals surface area (Å²) in [6.45, 7) is 6.95. The SMILES string of the molecule is C[C@H](O)CNC1CCN(C(=O)OC(C)(C)C)CCC1C(F)(F)F. The molecular formula is C15H27F3N2O3. The summed E-state index contributed by atoms with van der Waals surface area (Å²) in [5.41, 5.74) is -0.684. The van der Waals surface area contributed by atoms with Crippen LogP contribution >= 0.6 is 0 Å². The Morgan fingerprint density at radius 1 is 1.30 bits per heavy atom. The Balaban J connectivity index is 2.76. The molecule has 1 aliphatic rings. The van der Waals surface area contributed by atoms with E-state index < -0.39 is 35.9 Å². The Kier molecular flexibility index (Phi) is 6.70. The topological polar surface area (TPSA) is 61.8 Å². The highest BCUT2D eigenvalue weighted by Crippen LogP contribution is 2.34. The number of nitrogens with one attached hydrogen (secondary N) is 1. The van der Waals surface area contributed by atoms with E-state index in [9.17, 15) is 23.1 Å². The standard InChI is InChI=1S/C15H27F3N2O3/c1-10(21)9-19-12-6-8-20(13(22)23-14(2,3)4)7-5-11(12)15(16,17)18/h10-12,19,21H,5-9H2,1-4H3/t10-,11?,12?/m0/s1. The molecule has 136 valence electrons. The van der Waals surface area contributed by atoms with Gasteiger partial charge >= 0.3 is 12.3 Å². The number of rotatable bonds is 3. The molecule has 1 aliphatic heterocycles. The molecule has 0 bridgehead atoms. The number of carbonyl (C=O) groups is 1. The molecule has 5 nitrogen and oxygen atoms in total. The van der Waals surface area contributed by atoms with Gasteiger partial charge in [0.15, 0.2) is 0 Å². The highest BCUT2D eigenvalue weighted by molar-refractivity contribution is 5.68. The van der Waals surface area contributed by atoms with Crippen LogP contribution in [0.3, 0.4) is 0 Å². The second-order valence-corrected chi connectivity index (χ2v) is 7.06. The first-order valence-corrected chi connectivity index (χ1v) is 7.86. The van der Waals surface area contributed by atoms with Gasteiger partial charge in [-0.05, 0) is 40.5 Å². The number of carbonyl (C=O) groups excluding carboxylic acids is 1. The van der Waals surface area contributed by atoms with Gasteiger partial charge in [-0.3, -0.25) is 0 Å². The minimum Gasteiger partial charge on any atom is -0.444 e. The van der Waals surface area contributed by atoms with E-state index in [1.54, 1.807) is 20.8 Å². The zero-order chi connectivity index (χ0) is 17.8. The second kappa shape index (κ2) is 7.70. The fourth-order valence-electron chi connectivity index (χ4n) is 2.57. The van der Waals surface area contributed by atoms with Gasteiger partial charge in [-0.2, -0.15) is 13.2 Å². The van der Waals surface area contributed by atoms with Crippen molar-refractivity contribution in [1.29, 1.82) is 0 Å². The maximum absolute atomic E-state index is 13.3. The Morgan fingerprint density at radius 3 is 2.35 bits per heavy atom. The maximum Gasteiger partial charge on any atom is 0.410 e. The van der Waals surface area contributed by atoms with E-state index in [1.807, 2.05) is 0 Å². The van der Waals surface area contributed by atoms with Gasteiger partial charge in [0.2, 0.25) is 0 Å². The van der Waals surface area contributed by atoms with E-state index in [0.717, 1.165) is 0 Å². The zero-order valence-electron chi connectivity index (χ0n) is 14.1. The van der Waals surface area contributed by atoms with Crippen molar-refractivity contribution in [3.63, 3.8) is 0 Å². The molecule has 1 heterocycles. The average molecular weight is 340 g/mol. The van der Waals surface area contributed by atoms with Crippen LogP contribution in [0, 0.1) is 5.92 Å². The molecule has 1 rings (SSSR count). The van der Waals surface area contributed by atoms with Crippen LogP contribution in [0.2, 0.25) is 0 Å². The number of nitrogens with zero attached hydrogens (tertiary/aromatic N) is 1. The number of ether oxygens (including phenoxy) is 1. The molecule has 0 aliphatic carbocycles. The van der Waals surface area contributed by atoms with Crippen molar-refractivity contribution >= 4 is 6.09 Å². The average Bonchev–Trinajstić information content (AvgIpc) is 2.55. The molecule has 2 unspecified atom stereocenters. The van der Waals surface area contributed by atoms with Gasteiger partial charge in [-0.1, -0.05) is 0 Å². The van der Waals surface area contributed by atoms with Crippen LogP contribution in [-0.2, 0) is 4.74 Å². The van der Waals surface area contributed by atoms with Crippen molar-refractivity contribution in [2.45, 2.75) is 64.5 Å². The number of hydrogen-bond donors (Lipinski definition) is 2. The van der Waals surface area contributed by atoms with E-state index >= 15 is 0 Å². The van der Waals surface area contributed by atoms with Gasteiger partial charge in [0.05, 0.1) is 12.0 Å². The van der Waals surface area contributed by atoms with Crippen LogP contribution in [0.5, 0.6) is 0 Å².